The van der Waals surface area contributed by atoms with Gasteiger partial charge in [-0.05, 0) is 42.7 Å². The normalized spacial score (nSPS) is 17.9. The van der Waals surface area contributed by atoms with Crippen LogP contribution in [0.25, 0.3) is 0 Å². The Bertz CT molecular complexity index is 1070. The zero-order chi connectivity index (χ0) is 20.0. The highest BCUT2D eigenvalue weighted by Crippen LogP contribution is 2.43. The van der Waals surface area contributed by atoms with Gasteiger partial charge in [-0.25, -0.2) is 0 Å². The van der Waals surface area contributed by atoms with Gasteiger partial charge >= 0.3 is 0 Å². The van der Waals surface area contributed by atoms with E-state index < -0.39 is 0 Å². The van der Waals surface area contributed by atoms with Gasteiger partial charge in [0.2, 0.25) is 5.89 Å². The second-order valence-corrected chi connectivity index (χ2v) is 7.36. The monoisotopic (exact) mass is 391 g/mol. The van der Waals surface area contributed by atoms with Crippen LogP contribution < -0.4 is 14.4 Å². The number of fused-ring (bicyclic) bond motifs is 1. The molecule has 0 N–H and O–H groups in total. The van der Waals surface area contributed by atoms with E-state index in [2.05, 4.69) is 10.1 Å². The number of methoxy groups -OCH3 is 2. The Balaban J connectivity index is 1.54. The number of amides is 1. The quantitative estimate of drug-likeness (QED) is 0.656. The summed E-state index contributed by atoms with van der Waals surface area (Å²) in [6.45, 7) is 0. The van der Waals surface area contributed by atoms with E-state index in [9.17, 15) is 4.79 Å². The maximum Gasteiger partial charge on any atom is 0.259 e. The van der Waals surface area contributed by atoms with Crippen LogP contribution in [0.1, 0.15) is 52.4 Å². The van der Waals surface area contributed by atoms with Crippen LogP contribution in [-0.4, -0.2) is 30.3 Å². The summed E-state index contributed by atoms with van der Waals surface area (Å²) in [4.78, 5) is 19.9. The first-order valence-corrected chi connectivity index (χ1v) is 9.66. The second-order valence-electron chi connectivity index (χ2n) is 7.36. The van der Waals surface area contributed by atoms with Crippen LogP contribution in [0, 0.1) is 0 Å². The second kappa shape index (κ2) is 6.92. The van der Waals surface area contributed by atoms with E-state index in [1.165, 1.54) is 0 Å². The number of ether oxygens (including phenoxy) is 2. The fourth-order valence-corrected chi connectivity index (χ4v) is 3.83. The Morgan fingerprint density at radius 1 is 1.10 bits per heavy atom. The van der Waals surface area contributed by atoms with Crippen LogP contribution in [0.15, 0.2) is 47.0 Å². The van der Waals surface area contributed by atoms with Gasteiger partial charge in [0, 0.05) is 23.6 Å². The third kappa shape index (κ3) is 3.03. The first-order chi connectivity index (χ1) is 14.2. The molecule has 148 valence electrons. The summed E-state index contributed by atoms with van der Waals surface area (Å²) in [7, 11) is 3.12. The lowest BCUT2D eigenvalue weighted by Crippen LogP contribution is -2.32. The molecule has 2 aliphatic rings. The SMILES string of the molecule is COc1ccc(C(=O)N2c3ccccc3CC2c2nc(C3CC3)no2)cc1OC. The van der Waals surface area contributed by atoms with E-state index in [0.29, 0.717) is 35.3 Å². The van der Waals surface area contributed by atoms with Gasteiger partial charge in [-0.1, -0.05) is 23.4 Å². The number of carbonyl (C=O) groups is 1. The van der Waals surface area contributed by atoms with Gasteiger partial charge < -0.3 is 14.0 Å². The molecule has 2 aromatic carbocycles. The van der Waals surface area contributed by atoms with Crippen molar-refractivity contribution in [3.63, 3.8) is 0 Å². The van der Waals surface area contributed by atoms with Gasteiger partial charge in [0.05, 0.1) is 14.2 Å². The molecule has 2 heterocycles. The summed E-state index contributed by atoms with van der Waals surface area (Å²) >= 11 is 0. The lowest BCUT2D eigenvalue weighted by molar-refractivity contribution is 0.0974. The van der Waals surface area contributed by atoms with E-state index in [0.717, 1.165) is 29.9 Å². The van der Waals surface area contributed by atoms with Crippen molar-refractivity contribution in [3.8, 4) is 11.5 Å². The van der Waals surface area contributed by atoms with E-state index >= 15 is 0 Å². The molecule has 0 spiro atoms. The molecule has 0 bridgehead atoms. The number of benzene rings is 2. The average molecular weight is 391 g/mol. The number of carbonyl (C=O) groups excluding carboxylic acids is 1. The van der Waals surface area contributed by atoms with Gasteiger partial charge in [0.15, 0.2) is 17.3 Å². The summed E-state index contributed by atoms with van der Waals surface area (Å²) in [6, 6.07) is 12.7. The van der Waals surface area contributed by atoms with E-state index in [4.69, 9.17) is 14.0 Å². The molecule has 1 aliphatic heterocycles. The molecule has 1 fully saturated rings. The molecule has 3 aromatic rings. The molecule has 7 nitrogen and oxygen atoms in total. The predicted octanol–water partition coefficient (Wildman–Crippen LogP) is 3.91. The number of aromatic nitrogens is 2. The predicted molar refractivity (Wildman–Crippen MR) is 106 cm³/mol. The lowest BCUT2D eigenvalue weighted by Gasteiger charge is -2.23. The maximum atomic E-state index is 13.6. The number of hydrogen-bond acceptors (Lipinski definition) is 6. The van der Waals surface area contributed by atoms with Gasteiger partial charge in [-0.2, -0.15) is 4.98 Å². The first kappa shape index (κ1) is 17.7. The van der Waals surface area contributed by atoms with E-state index in [1.54, 1.807) is 37.3 Å². The smallest absolute Gasteiger partial charge is 0.259 e. The molecule has 0 radical (unpaired) electrons. The highest BCUT2D eigenvalue weighted by atomic mass is 16.5. The molecule has 7 heteroatoms. The zero-order valence-corrected chi connectivity index (χ0v) is 16.3. The van der Waals surface area contributed by atoms with Crippen LogP contribution in [-0.2, 0) is 6.42 Å². The maximum absolute atomic E-state index is 13.6. The molecule has 1 amide bonds. The van der Waals surface area contributed by atoms with Gasteiger partial charge in [-0.3, -0.25) is 9.69 Å². The highest BCUT2D eigenvalue weighted by Gasteiger charge is 2.40. The standard InChI is InChI=1S/C22H21N3O4/c1-27-18-10-9-15(12-19(18)28-2)22(26)25-16-6-4-3-5-14(16)11-17(25)21-23-20(24-29-21)13-7-8-13/h3-6,9-10,12-13,17H,7-8,11H2,1-2H3. The first-order valence-electron chi connectivity index (χ1n) is 9.66. The largest absolute Gasteiger partial charge is 0.493 e. The van der Waals surface area contributed by atoms with Crippen molar-refractivity contribution in [3.05, 3.63) is 65.3 Å². The number of rotatable bonds is 5. The summed E-state index contributed by atoms with van der Waals surface area (Å²) in [5.41, 5.74) is 2.45. The molecule has 1 aromatic heterocycles. The Labute approximate surface area is 168 Å². The topological polar surface area (TPSA) is 77.7 Å². The van der Waals surface area contributed by atoms with Crippen molar-refractivity contribution in [2.24, 2.45) is 0 Å². The Morgan fingerprint density at radius 3 is 2.66 bits per heavy atom. The van der Waals surface area contributed by atoms with Crippen LogP contribution in [0.2, 0.25) is 0 Å². The molecule has 0 saturated heterocycles. The molecule has 1 aliphatic carbocycles. The molecule has 5 rings (SSSR count). The molecule has 1 unspecified atom stereocenters. The summed E-state index contributed by atoms with van der Waals surface area (Å²) in [5, 5.41) is 4.14. The summed E-state index contributed by atoms with van der Waals surface area (Å²) < 4.78 is 16.2. The average Bonchev–Trinajstić information content (AvgIpc) is 3.36. The van der Waals surface area contributed by atoms with Crippen molar-refractivity contribution in [2.75, 3.05) is 19.1 Å². The van der Waals surface area contributed by atoms with Crippen LogP contribution in [0.4, 0.5) is 5.69 Å². The third-order valence-corrected chi connectivity index (χ3v) is 5.51. The van der Waals surface area contributed by atoms with Crippen LogP contribution in [0.5, 0.6) is 11.5 Å². The van der Waals surface area contributed by atoms with Gasteiger partial charge in [-0.15, -0.1) is 0 Å². The minimum Gasteiger partial charge on any atom is -0.493 e. The molecular formula is C22H21N3O4. The fraction of sp³-hybridized carbons (Fsp3) is 0.318. The van der Waals surface area contributed by atoms with Crippen LogP contribution >= 0.6 is 0 Å². The Morgan fingerprint density at radius 2 is 1.90 bits per heavy atom. The fourth-order valence-electron chi connectivity index (χ4n) is 3.83. The van der Waals surface area contributed by atoms with Crippen molar-refractivity contribution >= 4 is 11.6 Å². The number of nitrogens with zero attached hydrogens (tertiary/aromatic N) is 3. The van der Waals surface area contributed by atoms with Gasteiger partial charge in [0.25, 0.3) is 5.91 Å². The molecule has 1 atom stereocenters. The molecular weight excluding hydrogens is 370 g/mol. The van der Waals surface area contributed by atoms with Crippen molar-refractivity contribution < 1.29 is 18.8 Å². The third-order valence-electron chi connectivity index (χ3n) is 5.51. The molecule has 29 heavy (non-hydrogen) atoms. The van der Waals surface area contributed by atoms with Crippen molar-refractivity contribution in [1.82, 2.24) is 10.1 Å². The number of para-hydroxylation sites is 1. The van der Waals surface area contributed by atoms with E-state index in [-0.39, 0.29) is 11.9 Å². The molecule has 1 saturated carbocycles. The highest BCUT2D eigenvalue weighted by molar-refractivity contribution is 6.08. The van der Waals surface area contributed by atoms with Gasteiger partial charge in [0.1, 0.15) is 6.04 Å². The number of anilines is 1. The van der Waals surface area contributed by atoms with Crippen molar-refractivity contribution in [2.45, 2.75) is 31.2 Å². The minimum absolute atomic E-state index is 0.146. The Hall–Kier alpha value is -3.35. The summed E-state index contributed by atoms with van der Waals surface area (Å²) in [6.07, 6.45) is 2.83. The zero-order valence-electron chi connectivity index (χ0n) is 16.3. The van der Waals surface area contributed by atoms with E-state index in [1.807, 2.05) is 24.3 Å². The van der Waals surface area contributed by atoms with Crippen molar-refractivity contribution in [1.29, 1.82) is 0 Å². The van der Waals surface area contributed by atoms with Crippen LogP contribution in [0.3, 0.4) is 0 Å². The lowest BCUT2D eigenvalue weighted by atomic mass is 10.1. The number of hydrogen-bond donors (Lipinski definition) is 0. The Kier molecular flexibility index (Phi) is 4.23. The minimum atomic E-state index is -0.326. The summed E-state index contributed by atoms with van der Waals surface area (Å²) in [5.74, 6) is 2.56.